The molecule has 2 aromatic carbocycles. The van der Waals surface area contributed by atoms with Crippen LogP contribution < -0.4 is 4.74 Å². The van der Waals surface area contributed by atoms with Crippen molar-refractivity contribution in [1.29, 1.82) is 0 Å². The number of para-hydroxylation sites is 1. The van der Waals surface area contributed by atoms with Crippen molar-refractivity contribution in [3.63, 3.8) is 0 Å². The summed E-state index contributed by atoms with van der Waals surface area (Å²) in [6.07, 6.45) is 0.989. The number of aryl methyl sites for hydroxylation is 1. The Morgan fingerprint density at radius 1 is 1.10 bits per heavy atom. The van der Waals surface area contributed by atoms with Crippen molar-refractivity contribution in [2.75, 3.05) is 7.11 Å². The predicted molar refractivity (Wildman–Crippen MR) is 116 cm³/mol. The Morgan fingerprint density at radius 2 is 1.97 bits per heavy atom. The first-order chi connectivity index (χ1) is 14.7. The highest BCUT2D eigenvalue weighted by molar-refractivity contribution is 7.98. The van der Waals surface area contributed by atoms with E-state index >= 15 is 0 Å². The Morgan fingerprint density at radius 3 is 2.77 bits per heavy atom. The first-order valence-electron chi connectivity index (χ1n) is 9.78. The minimum Gasteiger partial charge on any atom is -0.496 e. The molecule has 154 valence electrons. The largest absolute Gasteiger partial charge is 0.496 e. The Hall–Kier alpha value is -3.13. The van der Waals surface area contributed by atoms with E-state index in [1.807, 2.05) is 30.3 Å². The SMILES string of the molecule is CCCn1c(SCc2nc(-c3ccccc3OC)no2)nnc1-c1cccc(C)c1. The van der Waals surface area contributed by atoms with Crippen LogP contribution in [0.2, 0.25) is 0 Å². The number of thioether (sulfide) groups is 1. The number of benzene rings is 2. The van der Waals surface area contributed by atoms with E-state index in [1.165, 1.54) is 5.56 Å². The fourth-order valence-corrected chi connectivity index (χ4v) is 4.00. The van der Waals surface area contributed by atoms with Crippen molar-refractivity contribution in [2.45, 2.75) is 37.7 Å². The van der Waals surface area contributed by atoms with Gasteiger partial charge in [-0.15, -0.1) is 10.2 Å². The van der Waals surface area contributed by atoms with Crippen LogP contribution in [0.15, 0.2) is 58.2 Å². The van der Waals surface area contributed by atoms with Crippen LogP contribution in [0.1, 0.15) is 24.8 Å². The number of nitrogens with zero attached hydrogens (tertiary/aromatic N) is 5. The van der Waals surface area contributed by atoms with Crippen LogP contribution in [0, 0.1) is 6.92 Å². The van der Waals surface area contributed by atoms with E-state index in [4.69, 9.17) is 9.26 Å². The van der Waals surface area contributed by atoms with Gasteiger partial charge in [-0.25, -0.2) is 0 Å². The van der Waals surface area contributed by atoms with Crippen molar-refractivity contribution >= 4 is 11.8 Å². The predicted octanol–water partition coefficient (Wildman–Crippen LogP) is 5.01. The van der Waals surface area contributed by atoms with Crippen LogP contribution in [-0.4, -0.2) is 32.0 Å². The third-order valence-corrected chi connectivity index (χ3v) is 5.53. The number of rotatable bonds is 8. The molecule has 0 aliphatic heterocycles. The highest BCUT2D eigenvalue weighted by atomic mass is 32.2. The van der Waals surface area contributed by atoms with Crippen molar-refractivity contribution in [3.8, 4) is 28.5 Å². The molecule has 0 atom stereocenters. The van der Waals surface area contributed by atoms with Gasteiger partial charge in [0.1, 0.15) is 5.75 Å². The molecule has 2 heterocycles. The van der Waals surface area contributed by atoms with E-state index < -0.39 is 0 Å². The van der Waals surface area contributed by atoms with Gasteiger partial charge in [0.2, 0.25) is 11.7 Å². The molecule has 0 radical (unpaired) electrons. The van der Waals surface area contributed by atoms with Crippen molar-refractivity contribution in [1.82, 2.24) is 24.9 Å². The fraction of sp³-hybridized carbons (Fsp3) is 0.273. The molecule has 0 saturated carbocycles. The summed E-state index contributed by atoms with van der Waals surface area (Å²) >= 11 is 1.54. The molecule has 0 fully saturated rings. The molecule has 4 rings (SSSR count). The van der Waals surface area contributed by atoms with Crippen LogP contribution in [0.5, 0.6) is 5.75 Å². The zero-order chi connectivity index (χ0) is 20.9. The van der Waals surface area contributed by atoms with E-state index in [0.29, 0.717) is 23.2 Å². The summed E-state index contributed by atoms with van der Waals surface area (Å²) in [6.45, 7) is 5.06. The van der Waals surface area contributed by atoms with Gasteiger partial charge in [0.15, 0.2) is 11.0 Å². The maximum atomic E-state index is 5.45. The van der Waals surface area contributed by atoms with Gasteiger partial charge in [0.05, 0.1) is 18.4 Å². The third-order valence-electron chi connectivity index (χ3n) is 4.58. The first-order valence-corrected chi connectivity index (χ1v) is 10.8. The maximum Gasteiger partial charge on any atom is 0.237 e. The van der Waals surface area contributed by atoms with Crippen molar-refractivity contribution < 1.29 is 9.26 Å². The zero-order valence-electron chi connectivity index (χ0n) is 17.2. The van der Waals surface area contributed by atoms with E-state index in [9.17, 15) is 0 Å². The second kappa shape index (κ2) is 9.13. The molecule has 0 N–H and O–H groups in total. The summed E-state index contributed by atoms with van der Waals surface area (Å²) in [5, 5.41) is 13.8. The summed E-state index contributed by atoms with van der Waals surface area (Å²) in [6, 6.07) is 15.9. The van der Waals surface area contributed by atoms with Crippen LogP contribution >= 0.6 is 11.8 Å². The van der Waals surface area contributed by atoms with E-state index in [-0.39, 0.29) is 0 Å². The summed E-state index contributed by atoms with van der Waals surface area (Å²) in [7, 11) is 1.63. The molecule has 0 aliphatic carbocycles. The number of aromatic nitrogens is 5. The summed E-state index contributed by atoms with van der Waals surface area (Å²) in [4.78, 5) is 4.52. The van der Waals surface area contributed by atoms with Gasteiger partial charge in [0.25, 0.3) is 0 Å². The molecular formula is C22H23N5O2S. The Bertz CT molecular complexity index is 1140. The Kier molecular flexibility index (Phi) is 6.13. The molecule has 0 amide bonds. The lowest BCUT2D eigenvalue weighted by Crippen LogP contribution is -2.02. The molecule has 0 bridgehead atoms. The Balaban J connectivity index is 1.54. The number of methoxy groups -OCH3 is 1. The molecule has 0 saturated heterocycles. The van der Waals surface area contributed by atoms with E-state index in [2.05, 4.69) is 57.0 Å². The van der Waals surface area contributed by atoms with Gasteiger partial charge in [-0.3, -0.25) is 0 Å². The molecular weight excluding hydrogens is 398 g/mol. The first kappa shape index (κ1) is 20.2. The van der Waals surface area contributed by atoms with Gasteiger partial charge in [-0.2, -0.15) is 4.98 Å². The van der Waals surface area contributed by atoms with Crippen molar-refractivity contribution in [2.24, 2.45) is 0 Å². The van der Waals surface area contributed by atoms with Crippen molar-refractivity contribution in [3.05, 3.63) is 60.0 Å². The maximum absolute atomic E-state index is 5.45. The lowest BCUT2D eigenvalue weighted by atomic mass is 10.1. The molecule has 0 unspecified atom stereocenters. The molecule has 8 heteroatoms. The lowest BCUT2D eigenvalue weighted by molar-refractivity contribution is 0.390. The summed E-state index contributed by atoms with van der Waals surface area (Å²) in [5.74, 6) is 3.14. The minimum atomic E-state index is 0.512. The molecule has 30 heavy (non-hydrogen) atoms. The highest BCUT2D eigenvalue weighted by Crippen LogP contribution is 2.30. The van der Waals surface area contributed by atoms with Crippen LogP contribution in [0.25, 0.3) is 22.8 Å². The number of ether oxygens (including phenoxy) is 1. The standard InChI is InChI=1S/C22H23N5O2S/c1-4-12-27-21(16-9-7-8-15(2)13-16)24-25-22(27)30-14-19-23-20(26-29-19)17-10-5-6-11-18(17)28-3/h5-11,13H,4,12,14H2,1-3H3. The molecule has 4 aromatic rings. The highest BCUT2D eigenvalue weighted by Gasteiger charge is 2.17. The fourth-order valence-electron chi connectivity index (χ4n) is 3.20. The van der Waals surface area contributed by atoms with Crippen LogP contribution in [0.3, 0.4) is 0 Å². The van der Waals surface area contributed by atoms with Gasteiger partial charge >= 0.3 is 0 Å². The Labute approximate surface area is 179 Å². The smallest absolute Gasteiger partial charge is 0.237 e. The molecule has 7 nitrogen and oxygen atoms in total. The third kappa shape index (κ3) is 4.23. The van der Waals surface area contributed by atoms with Gasteiger partial charge in [-0.05, 0) is 31.5 Å². The van der Waals surface area contributed by atoms with Gasteiger partial charge < -0.3 is 13.8 Å². The normalized spacial score (nSPS) is 11.0. The summed E-state index contributed by atoms with van der Waals surface area (Å²) < 4.78 is 13.0. The zero-order valence-corrected chi connectivity index (χ0v) is 18.0. The second-order valence-electron chi connectivity index (χ2n) is 6.83. The molecule has 2 aromatic heterocycles. The van der Waals surface area contributed by atoms with E-state index in [1.54, 1.807) is 18.9 Å². The second-order valence-corrected chi connectivity index (χ2v) is 7.77. The lowest BCUT2D eigenvalue weighted by Gasteiger charge is -2.08. The van der Waals surface area contributed by atoms with E-state index in [0.717, 1.165) is 35.1 Å². The quantitative estimate of drug-likeness (QED) is 0.370. The monoisotopic (exact) mass is 421 g/mol. The van der Waals surface area contributed by atoms with Gasteiger partial charge in [0, 0.05) is 12.1 Å². The molecule has 0 spiro atoms. The minimum absolute atomic E-state index is 0.512. The number of hydrogen-bond acceptors (Lipinski definition) is 7. The summed E-state index contributed by atoms with van der Waals surface area (Å²) in [5.41, 5.74) is 3.07. The molecule has 0 aliphatic rings. The van der Waals surface area contributed by atoms with Crippen LogP contribution in [-0.2, 0) is 12.3 Å². The average molecular weight is 422 g/mol. The van der Waals surface area contributed by atoms with Gasteiger partial charge in [-0.1, -0.05) is 59.7 Å². The average Bonchev–Trinajstić information content (AvgIpc) is 3.40. The topological polar surface area (TPSA) is 78.9 Å². The number of hydrogen-bond donors (Lipinski definition) is 0. The van der Waals surface area contributed by atoms with Crippen LogP contribution in [0.4, 0.5) is 0 Å².